The zero-order valence-corrected chi connectivity index (χ0v) is 8.91. The van der Waals surface area contributed by atoms with Crippen LogP contribution in [0.5, 0.6) is 0 Å². The minimum absolute atomic E-state index is 0.605. The molecule has 0 atom stereocenters. The lowest BCUT2D eigenvalue weighted by molar-refractivity contribution is 0.573. The molecule has 74 valence electrons. The maximum absolute atomic E-state index is 5.32. The summed E-state index contributed by atoms with van der Waals surface area (Å²) in [6.45, 7) is 1.90. The fraction of sp³-hybridized carbons (Fsp3) is 0.0909. The third-order valence-electron chi connectivity index (χ3n) is 2.10. The van der Waals surface area contributed by atoms with Crippen molar-refractivity contribution in [3.8, 4) is 10.9 Å². The van der Waals surface area contributed by atoms with E-state index in [2.05, 4.69) is 9.97 Å². The molecule has 0 aliphatic heterocycles. The monoisotopic (exact) mass is 216 g/mol. The Kier molecular flexibility index (Phi) is 1.82. The van der Waals surface area contributed by atoms with Gasteiger partial charge in [0, 0.05) is 0 Å². The van der Waals surface area contributed by atoms with Crippen molar-refractivity contribution in [3.05, 3.63) is 36.2 Å². The molecular weight excluding hydrogens is 208 g/mol. The molecule has 3 aromatic rings. The molecule has 0 saturated carbocycles. The van der Waals surface area contributed by atoms with E-state index in [1.807, 2.05) is 31.2 Å². The molecule has 0 bridgehead atoms. The second-order valence-electron chi connectivity index (χ2n) is 3.28. The average Bonchev–Trinajstić information content (AvgIpc) is 2.82. The summed E-state index contributed by atoms with van der Waals surface area (Å²) in [5.41, 5.74) is 1.87. The third-order valence-corrected chi connectivity index (χ3v) is 3.12. The second-order valence-corrected chi connectivity index (χ2v) is 4.31. The predicted molar refractivity (Wildman–Crippen MR) is 59.9 cm³/mol. The average molecular weight is 216 g/mol. The van der Waals surface area contributed by atoms with E-state index in [1.165, 1.54) is 0 Å². The van der Waals surface area contributed by atoms with Gasteiger partial charge in [0.05, 0.1) is 15.9 Å². The summed E-state index contributed by atoms with van der Waals surface area (Å²) in [5, 5.41) is 0.837. The molecule has 0 saturated heterocycles. The molecule has 3 nitrogen and oxygen atoms in total. The number of thiazole rings is 1. The van der Waals surface area contributed by atoms with Crippen LogP contribution in [0.3, 0.4) is 0 Å². The quantitative estimate of drug-likeness (QED) is 0.626. The van der Waals surface area contributed by atoms with Gasteiger partial charge in [-0.25, -0.2) is 9.97 Å². The molecule has 0 radical (unpaired) electrons. The summed E-state index contributed by atoms with van der Waals surface area (Å²) in [4.78, 5) is 8.72. The number of benzene rings is 1. The maximum atomic E-state index is 5.32. The van der Waals surface area contributed by atoms with Gasteiger partial charge in [-0.05, 0) is 19.1 Å². The topological polar surface area (TPSA) is 38.9 Å². The molecule has 15 heavy (non-hydrogen) atoms. The number of fused-ring (bicyclic) bond motifs is 1. The largest absolute Gasteiger partial charge is 0.442 e. The van der Waals surface area contributed by atoms with Crippen molar-refractivity contribution < 1.29 is 4.42 Å². The minimum Gasteiger partial charge on any atom is -0.442 e. The Hall–Kier alpha value is -1.68. The lowest BCUT2D eigenvalue weighted by Gasteiger charge is -1.82. The third kappa shape index (κ3) is 1.43. The van der Waals surface area contributed by atoms with Crippen molar-refractivity contribution in [2.24, 2.45) is 0 Å². The number of nitrogens with zero attached hydrogens (tertiary/aromatic N) is 2. The van der Waals surface area contributed by atoms with Crippen LogP contribution < -0.4 is 0 Å². The summed E-state index contributed by atoms with van der Waals surface area (Å²) in [6.07, 6.45) is 1.64. The van der Waals surface area contributed by atoms with Gasteiger partial charge in [0.2, 0.25) is 0 Å². The van der Waals surface area contributed by atoms with Crippen LogP contribution in [0.4, 0.5) is 0 Å². The number of oxazole rings is 1. The Balaban J connectivity index is 2.19. The zero-order valence-electron chi connectivity index (χ0n) is 8.10. The highest BCUT2D eigenvalue weighted by Gasteiger charge is 2.10. The number of aromatic nitrogens is 2. The Morgan fingerprint density at radius 3 is 2.80 bits per heavy atom. The Bertz CT molecular complexity index is 579. The van der Waals surface area contributed by atoms with Crippen molar-refractivity contribution in [1.29, 1.82) is 0 Å². The summed E-state index contributed by atoms with van der Waals surface area (Å²) in [5.74, 6) is 0.605. The number of para-hydroxylation sites is 1. The fourth-order valence-corrected chi connectivity index (χ4v) is 2.31. The van der Waals surface area contributed by atoms with E-state index in [0.29, 0.717) is 5.89 Å². The van der Waals surface area contributed by atoms with Crippen LogP contribution >= 0.6 is 11.3 Å². The minimum atomic E-state index is 0.605. The van der Waals surface area contributed by atoms with Gasteiger partial charge in [-0.1, -0.05) is 12.1 Å². The van der Waals surface area contributed by atoms with E-state index in [9.17, 15) is 0 Å². The van der Waals surface area contributed by atoms with E-state index >= 15 is 0 Å². The van der Waals surface area contributed by atoms with Crippen LogP contribution in [0.1, 0.15) is 5.69 Å². The highest BCUT2D eigenvalue weighted by atomic mass is 32.1. The maximum Gasteiger partial charge on any atom is 0.256 e. The smallest absolute Gasteiger partial charge is 0.256 e. The lowest BCUT2D eigenvalue weighted by Crippen LogP contribution is -1.75. The van der Waals surface area contributed by atoms with Crippen LogP contribution in [0, 0.1) is 6.92 Å². The van der Waals surface area contributed by atoms with Crippen molar-refractivity contribution in [2.45, 2.75) is 6.92 Å². The number of hydrogen-bond donors (Lipinski definition) is 0. The summed E-state index contributed by atoms with van der Waals surface area (Å²) >= 11 is 1.60. The first kappa shape index (κ1) is 8.61. The zero-order chi connectivity index (χ0) is 10.3. The Morgan fingerprint density at radius 2 is 2.07 bits per heavy atom. The highest BCUT2D eigenvalue weighted by Crippen LogP contribution is 2.29. The van der Waals surface area contributed by atoms with Crippen LogP contribution in [-0.2, 0) is 0 Å². The van der Waals surface area contributed by atoms with E-state index < -0.39 is 0 Å². The van der Waals surface area contributed by atoms with Gasteiger partial charge in [0.25, 0.3) is 5.89 Å². The van der Waals surface area contributed by atoms with Gasteiger partial charge in [0.1, 0.15) is 6.26 Å². The normalized spacial score (nSPS) is 11.0. The SMILES string of the molecule is Cc1coc(-c2nc3ccccc3s2)n1. The number of hydrogen-bond acceptors (Lipinski definition) is 4. The molecule has 4 heteroatoms. The van der Waals surface area contributed by atoms with Crippen molar-refractivity contribution >= 4 is 21.6 Å². The Morgan fingerprint density at radius 1 is 1.20 bits per heavy atom. The molecule has 0 unspecified atom stereocenters. The molecule has 0 spiro atoms. The van der Waals surface area contributed by atoms with Crippen LogP contribution in [0.25, 0.3) is 21.1 Å². The van der Waals surface area contributed by atoms with E-state index in [-0.39, 0.29) is 0 Å². The molecule has 2 aromatic heterocycles. The molecule has 0 aliphatic carbocycles. The van der Waals surface area contributed by atoms with Crippen molar-refractivity contribution in [2.75, 3.05) is 0 Å². The second kappa shape index (κ2) is 3.17. The first-order chi connectivity index (χ1) is 7.33. The van der Waals surface area contributed by atoms with E-state index in [4.69, 9.17) is 4.42 Å². The van der Waals surface area contributed by atoms with Gasteiger partial charge >= 0.3 is 0 Å². The highest BCUT2D eigenvalue weighted by molar-refractivity contribution is 7.21. The molecule has 0 fully saturated rings. The molecule has 0 amide bonds. The fourth-order valence-electron chi connectivity index (χ4n) is 1.42. The summed E-state index contributed by atoms with van der Waals surface area (Å²) < 4.78 is 6.47. The molecule has 0 aliphatic rings. The predicted octanol–water partition coefficient (Wildman–Crippen LogP) is 3.26. The number of aryl methyl sites for hydroxylation is 1. The molecule has 0 N–H and O–H groups in total. The lowest BCUT2D eigenvalue weighted by atomic mass is 10.3. The van der Waals surface area contributed by atoms with Gasteiger partial charge in [-0.3, -0.25) is 0 Å². The van der Waals surface area contributed by atoms with Gasteiger partial charge < -0.3 is 4.42 Å². The first-order valence-electron chi connectivity index (χ1n) is 4.61. The van der Waals surface area contributed by atoms with Gasteiger partial charge in [0.15, 0.2) is 5.01 Å². The summed E-state index contributed by atoms with van der Waals surface area (Å²) in [7, 11) is 0. The van der Waals surface area contributed by atoms with Crippen molar-refractivity contribution in [1.82, 2.24) is 9.97 Å². The van der Waals surface area contributed by atoms with Crippen molar-refractivity contribution in [3.63, 3.8) is 0 Å². The first-order valence-corrected chi connectivity index (χ1v) is 5.43. The van der Waals surface area contributed by atoms with Gasteiger partial charge in [-0.15, -0.1) is 11.3 Å². The molecule has 1 aromatic carbocycles. The number of rotatable bonds is 1. The molecular formula is C11H8N2OS. The van der Waals surface area contributed by atoms with Crippen LogP contribution in [0.15, 0.2) is 34.9 Å². The van der Waals surface area contributed by atoms with Gasteiger partial charge in [-0.2, -0.15) is 0 Å². The van der Waals surface area contributed by atoms with Crippen LogP contribution in [0.2, 0.25) is 0 Å². The van der Waals surface area contributed by atoms with E-state index in [1.54, 1.807) is 17.6 Å². The molecule has 3 rings (SSSR count). The molecule has 2 heterocycles. The Labute approximate surface area is 90.4 Å². The van der Waals surface area contributed by atoms with Crippen LogP contribution in [-0.4, -0.2) is 9.97 Å². The van der Waals surface area contributed by atoms with E-state index in [0.717, 1.165) is 20.9 Å². The standard InChI is InChI=1S/C11H8N2OS/c1-7-6-14-10(12-7)11-13-8-4-2-3-5-9(8)15-11/h2-6H,1H3. The summed E-state index contributed by atoms with van der Waals surface area (Å²) in [6, 6.07) is 8.02.